The van der Waals surface area contributed by atoms with E-state index in [1.807, 2.05) is 13.2 Å². The molecule has 0 aromatic carbocycles. The van der Waals surface area contributed by atoms with Gasteiger partial charge in [0.1, 0.15) is 18.9 Å². The molecule has 0 aliphatic carbocycles. The topological polar surface area (TPSA) is 128 Å². The first-order valence-electron chi connectivity index (χ1n) is 12.0. The van der Waals surface area contributed by atoms with Gasteiger partial charge in [-0.05, 0) is 32.7 Å². The van der Waals surface area contributed by atoms with Crippen LogP contribution in [0, 0.1) is 6.92 Å². The molecular formula is C25H38N6O5S2. The van der Waals surface area contributed by atoms with E-state index < -0.39 is 11.2 Å². The largest absolute Gasteiger partial charge is 0.340 e. The van der Waals surface area contributed by atoms with E-state index in [1.54, 1.807) is 41.6 Å². The third-order valence-corrected chi connectivity index (χ3v) is 6.20. The number of thioether (sulfide) groups is 1. The number of nitrogens with one attached hydrogen (secondary N) is 2. The summed E-state index contributed by atoms with van der Waals surface area (Å²) < 4.78 is 1.25. The first kappa shape index (κ1) is 32.8. The van der Waals surface area contributed by atoms with Gasteiger partial charge >= 0.3 is 5.69 Å². The van der Waals surface area contributed by atoms with Crippen LogP contribution in [0.15, 0.2) is 52.7 Å². The molecule has 1 aliphatic rings. The Morgan fingerprint density at radius 1 is 1.13 bits per heavy atom. The third-order valence-electron chi connectivity index (χ3n) is 5.41. The van der Waals surface area contributed by atoms with Gasteiger partial charge in [0.05, 0.1) is 0 Å². The molecular weight excluding hydrogens is 528 g/mol. The molecule has 38 heavy (non-hydrogen) atoms. The molecule has 11 nitrogen and oxygen atoms in total. The maximum atomic E-state index is 12.2. The zero-order chi connectivity index (χ0) is 28.8. The van der Waals surface area contributed by atoms with Gasteiger partial charge in [-0.3, -0.25) is 28.7 Å². The van der Waals surface area contributed by atoms with Gasteiger partial charge in [-0.15, -0.1) is 0 Å². The monoisotopic (exact) mass is 566 g/mol. The number of aromatic amines is 1. The fourth-order valence-electron chi connectivity index (χ4n) is 3.29. The van der Waals surface area contributed by atoms with E-state index in [0.717, 1.165) is 12.2 Å². The Kier molecular flexibility index (Phi) is 14.4. The molecule has 0 unspecified atom stereocenters. The molecule has 2 heterocycles. The van der Waals surface area contributed by atoms with Crippen molar-refractivity contribution in [2.24, 2.45) is 0 Å². The fraction of sp³-hybridized carbons (Fsp3) is 0.480. The van der Waals surface area contributed by atoms with Crippen LogP contribution in [-0.2, 0) is 20.9 Å². The average molecular weight is 567 g/mol. The van der Waals surface area contributed by atoms with Crippen molar-refractivity contribution in [1.29, 1.82) is 0 Å². The normalized spacial score (nSPS) is 12.7. The first-order chi connectivity index (χ1) is 18.0. The highest BCUT2D eigenvalue weighted by Crippen LogP contribution is 2.11. The minimum absolute atomic E-state index is 0.0369. The average Bonchev–Trinajstić information content (AvgIpc) is 2.87. The Bertz CT molecular complexity index is 1160. The van der Waals surface area contributed by atoms with Crippen molar-refractivity contribution in [2.75, 3.05) is 43.9 Å². The minimum Gasteiger partial charge on any atom is -0.340 e. The number of aryl methyl sites for hydroxylation is 1. The molecule has 3 amide bonds. The summed E-state index contributed by atoms with van der Waals surface area (Å²) in [6, 6.07) is 0. The minimum atomic E-state index is -0.546. The Hall–Kier alpha value is -3.19. The number of hydrogen-bond acceptors (Lipinski definition) is 8. The molecule has 1 aromatic heterocycles. The van der Waals surface area contributed by atoms with E-state index >= 15 is 0 Å². The number of nitrogens with zero attached hydrogens (tertiary/aromatic N) is 4. The van der Waals surface area contributed by atoms with Crippen molar-refractivity contribution in [3.63, 3.8) is 0 Å². The van der Waals surface area contributed by atoms with Crippen LogP contribution in [0.2, 0.25) is 0 Å². The van der Waals surface area contributed by atoms with Gasteiger partial charge in [0, 0.05) is 54.7 Å². The lowest BCUT2D eigenvalue weighted by Crippen LogP contribution is -2.42. The molecule has 0 fully saturated rings. The second-order valence-corrected chi connectivity index (χ2v) is 9.84. The van der Waals surface area contributed by atoms with Crippen molar-refractivity contribution >= 4 is 42.1 Å². The molecule has 0 radical (unpaired) electrons. The van der Waals surface area contributed by atoms with Crippen molar-refractivity contribution in [3.8, 4) is 0 Å². The fourth-order valence-corrected chi connectivity index (χ4v) is 3.91. The molecule has 1 aliphatic heterocycles. The number of aromatic nitrogens is 2. The lowest BCUT2D eigenvalue weighted by molar-refractivity contribution is -0.131. The number of thiol groups is 1. The van der Waals surface area contributed by atoms with E-state index in [1.165, 1.54) is 21.9 Å². The van der Waals surface area contributed by atoms with E-state index in [4.69, 9.17) is 0 Å². The summed E-state index contributed by atoms with van der Waals surface area (Å²) >= 11 is 5.75. The molecule has 210 valence electrons. The van der Waals surface area contributed by atoms with Crippen LogP contribution < -0.4 is 16.6 Å². The van der Waals surface area contributed by atoms with Gasteiger partial charge in [-0.1, -0.05) is 20.1 Å². The highest BCUT2D eigenvalue weighted by atomic mass is 32.2. The smallest absolute Gasteiger partial charge is 0.328 e. The second kappa shape index (κ2) is 16.6. The standard InChI is InChI=1S/C13H21N3O3S.C12H17N3O2S/c1-4-5-15(6-7-20-3)11(17)9-16-8-10(2)12(18)14-13(16)19;1-4-14(5-6-18)11(16)8-15-7-9(2)12(17)13-10(15)3/h8H,4-7,9H2,1-3H3,(H,14,18,19);4,7,18H,1,3,5-6,8H2,2H3,(H,13,17). The van der Waals surface area contributed by atoms with E-state index in [0.29, 0.717) is 42.3 Å². The van der Waals surface area contributed by atoms with Crippen LogP contribution in [0.1, 0.15) is 25.8 Å². The summed E-state index contributed by atoms with van der Waals surface area (Å²) in [6.45, 7) is 14.5. The van der Waals surface area contributed by atoms with Crippen LogP contribution in [0.3, 0.4) is 0 Å². The molecule has 0 spiro atoms. The predicted octanol–water partition coefficient (Wildman–Crippen LogP) is 1.14. The van der Waals surface area contributed by atoms with Crippen molar-refractivity contribution < 1.29 is 14.4 Å². The van der Waals surface area contributed by atoms with Gasteiger partial charge in [0.2, 0.25) is 11.8 Å². The number of H-pyrrole nitrogens is 1. The number of carbonyl (C=O) groups excluding carboxylic acids is 3. The van der Waals surface area contributed by atoms with Crippen LogP contribution in [0.5, 0.6) is 0 Å². The van der Waals surface area contributed by atoms with Crippen molar-refractivity contribution in [2.45, 2.75) is 33.7 Å². The molecule has 13 heteroatoms. The summed E-state index contributed by atoms with van der Waals surface area (Å²) in [5.41, 5.74) is -0.000125. The lowest BCUT2D eigenvalue weighted by atomic mass is 10.2. The van der Waals surface area contributed by atoms with Crippen molar-refractivity contribution in [3.05, 3.63) is 69.6 Å². The third kappa shape index (κ3) is 10.3. The van der Waals surface area contributed by atoms with Gasteiger partial charge < -0.3 is 20.0 Å². The quantitative estimate of drug-likeness (QED) is 0.324. The maximum Gasteiger partial charge on any atom is 0.328 e. The van der Waals surface area contributed by atoms with Gasteiger partial charge in [-0.2, -0.15) is 24.4 Å². The number of amides is 3. The molecule has 0 atom stereocenters. The zero-order valence-corrected chi connectivity index (χ0v) is 24.2. The second-order valence-electron chi connectivity index (χ2n) is 8.41. The Morgan fingerprint density at radius 2 is 1.82 bits per heavy atom. The summed E-state index contributed by atoms with van der Waals surface area (Å²) in [5.74, 6) is 1.40. The van der Waals surface area contributed by atoms with Gasteiger partial charge in [0.25, 0.3) is 11.5 Å². The predicted molar refractivity (Wildman–Crippen MR) is 155 cm³/mol. The van der Waals surface area contributed by atoms with E-state index in [-0.39, 0.29) is 30.8 Å². The number of rotatable bonds is 12. The zero-order valence-electron chi connectivity index (χ0n) is 22.5. The molecule has 2 rings (SSSR count). The Balaban J connectivity index is 0.000000382. The van der Waals surface area contributed by atoms with Gasteiger partial charge in [-0.25, -0.2) is 4.79 Å². The number of hydrogen-bond donors (Lipinski definition) is 3. The van der Waals surface area contributed by atoms with Crippen LogP contribution in [-0.4, -0.2) is 85.9 Å². The van der Waals surface area contributed by atoms with Crippen LogP contribution in [0.4, 0.5) is 0 Å². The molecule has 2 N–H and O–H groups in total. The highest BCUT2D eigenvalue weighted by Gasteiger charge is 2.21. The Labute approximate surface area is 233 Å². The number of carbonyl (C=O) groups is 3. The molecule has 0 bridgehead atoms. The van der Waals surface area contributed by atoms with Crippen LogP contribution in [0.25, 0.3) is 0 Å². The molecule has 0 saturated heterocycles. The summed E-state index contributed by atoms with van der Waals surface area (Å²) in [5, 5.41) is 2.59. The van der Waals surface area contributed by atoms with Crippen LogP contribution >= 0.6 is 24.4 Å². The molecule has 1 aromatic rings. The summed E-state index contributed by atoms with van der Waals surface area (Å²) in [4.78, 5) is 65.5. The van der Waals surface area contributed by atoms with Gasteiger partial charge in [0.15, 0.2) is 0 Å². The van der Waals surface area contributed by atoms with Crippen molar-refractivity contribution in [1.82, 2.24) is 29.6 Å². The molecule has 0 saturated carbocycles. The first-order valence-corrected chi connectivity index (χ1v) is 14.1. The summed E-state index contributed by atoms with van der Waals surface area (Å²) in [6.07, 6.45) is 7.38. The summed E-state index contributed by atoms with van der Waals surface area (Å²) in [7, 11) is 0. The lowest BCUT2D eigenvalue weighted by Gasteiger charge is -2.29. The van der Waals surface area contributed by atoms with E-state index in [9.17, 15) is 24.0 Å². The Morgan fingerprint density at radius 3 is 2.39 bits per heavy atom. The maximum absolute atomic E-state index is 12.2. The van der Waals surface area contributed by atoms with E-state index in [2.05, 4.69) is 36.1 Å². The SMILES string of the molecule is C=CN(CCS)C(=O)CN1C=C(C)C(=O)NC1=C.CCCN(CCSC)C(=O)Cn1cc(C)c(=O)[nH]c1=O. The highest BCUT2D eigenvalue weighted by molar-refractivity contribution is 7.98.